The Hall–Kier alpha value is -0.840. The molecule has 1 aromatic heterocycles. The van der Waals surface area contributed by atoms with Gasteiger partial charge < -0.3 is 4.52 Å². The van der Waals surface area contributed by atoms with Crippen molar-refractivity contribution in [3.8, 4) is 0 Å². The highest BCUT2D eigenvalue weighted by atomic mass is 32.2. The predicted molar refractivity (Wildman–Crippen MR) is 42.2 cm³/mol. The third-order valence-corrected chi connectivity index (χ3v) is 3.43. The molecule has 0 saturated heterocycles. The lowest BCUT2D eigenvalue weighted by molar-refractivity contribution is 0.387. The number of aryl methyl sites for hydroxylation is 1. The van der Waals surface area contributed by atoms with Gasteiger partial charge in [-0.25, -0.2) is 8.42 Å². The van der Waals surface area contributed by atoms with E-state index in [1.807, 2.05) is 6.92 Å². The van der Waals surface area contributed by atoms with Crippen molar-refractivity contribution >= 4 is 9.84 Å². The molecule has 12 heavy (non-hydrogen) atoms. The van der Waals surface area contributed by atoms with Gasteiger partial charge in [0.15, 0.2) is 15.6 Å². The van der Waals surface area contributed by atoms with E-state index >= 15 is 0 Å². The molecular weight excluding hydrogens is 178 g/mol. The molecule has 5 heteroatoms. The van der Waals surface area contributed by atoms with Gasteiger partial charge in [-0.3, -0.25) is 0 Å². The topological polar surface area (TPSA) is 60.2 Å². The summed E-state index contributed by atoms with van der Waals surface area (Å²) in [6.45, 7) is 1.93. The molecule has 0 unspecified atom stereocenters. The van der Waals surface area contributed by atoms with Gasteiger partial charge in [0, 0.05) is 5.56 Å². The van der Waals surface area contributed by atoms with E-state index in [2.05, 4.69) is 5.16 Å². The summed E-state index contributed by atoms with van der Waals surface area (Å²) in [4.78, 5) is 0. The maximum absolute atomic E-state index is 11.1. The Labute approximate surface area is 70.5 Å². The maximum atomic E-state index is 11.1. The average Bonchev–Trinajstić information content (AvgIpc) is 2.42. The summed E-state index contributed by atoms with van der Waals surface area (Å²) >= 11 is 0. The number of hydrogen-bond acceptors (Lipinski definition) is 4. The lowest BCUT2D eigenvalue weighted by Gasteiger charge is -1.90. The molecule has 4 nitrogen and oxygen atoms in total. The summed E-state index contributed by atoms with van der Waals surface area (Å²) in [6, 6.07) is 0. The number of sulfone groups is 1. The van der Waals surface area contributed by atoms with Gasteiger partial charge in [-0.15, -0.1) is 0 Å². The minimum atomic E-state index is -2.93. The number of fused-ring (bicyclic) bond motifs is 1. The Morgan fingerprint density at radius 1 is 1.50 bits per heavy atom. The first-order chi connectivity index (χ1) is 5.62. The van der Waals surface area contributed by atoms with Crippen LogP contribution in [-0.4, -0.2) is 13.6 Å². The largest absolute Gasteiger partial charge is 0.360 e. The van der Waals surface area contributed by atoms with Crippen LogP contribution < -0.4 is 0 Å². The van der Waals surface area contributed by atoms with Gasteiger partial charge >= 0.3 is 0 Å². The first-order valence-electron chi connectivity index (χ1n) is 3.79. The predicted octanol–water partition coefficient (Wildman–Crippen LogP) is 0.665. The van der Waals surface area contributed by atoms with Gasteiger partial charge in [-0.2, -0.15) is 0 Å². The first-order valence-corrected chi connectivity index (χ1v) is 5.61. The maximum Gasteiger partial charge on any atom is 0.162 e. The van der Waals surface area contributed by atoms with E-state index in [-0.39, 0.29) is 11.5 Å². The molecule has 0 aromatic carbocycles. The molecule has 0 radical (unpaired) electrons. The van der Waals surface area contributed by atoms with E-state index < -0.39 is 9.84 Å². The fraction of sp³-hybridized carbons (Fsp3) is 0.571. The molecule has 66 valence electrons. The summed E-state index contributed by atoms with van der Waals surface area (Å²) in [5.74, 6) is 0.663. The molecule has 0 amide bonds. The van der Waals surface area contributed by atoms with E-state index in [1.54, 1.807) is 0 Å². The van der Waals surface area contributed by atoms with Crippen molar-refractivity contribution in [2.45, 2.75) is 24.9 Å². The minimum Gasteiger partial charge on any atom is -0.360 e. The molecule has 0 N–H and O–H groups in total. The van der Waals surface area contributed by atoms with Gasteiger partial charge in [0.25, 0.3) is 0 Å². The first kappa shape index (κ1) is 7.79. The second-order valence-electron chi connectivity index (χ2n) is 2.92. The summed E-state index contributed by atoms with van der Waals surface area (Å²) < 4.78 is 27.2. The zero-order chi connectivity index (χ0) is 8.77. The zero-order valence-corrected chi connectivity index (χ0v) is 7.52. The van der Waals surface area contributed by atoms with Gasteiger partial charge in [0.05, 0.1) is 11.4 Å². The molecule has 2 rings (SSSR count). The highest BCUT2D eigenvalue weighted by Gasteiger charge is 2.31. The van der Waals surface area contributed by atoms with Crippen molar-refractivity contribution < 1.29 is 12.9 Å². The van der Waals surface area contributed by atoms with Crippen LogP contribution in [0.15, 0.2) is 4.52 Å². The molecule has 1 aliphatic heterocycles. The van der Waals surface area contributed by atoms with Crippen LogP contribution in [0.2, 0.25) is 0 Å². The normalized spacial score (nSPS) is 19.4. The fourth-order valence-electron chi connectivity index (χ4n) is 1.41. The molecule has 2 heterocycles. The molecule has 1 aromatic rings. The van der Waals surface area contributed by atoms with Gasteiger partial charge in [-0.1, -0.05) is 12.1 Å². The summed E-state index contributed by atoms with van der Waals surface area (Å²) in [7, 11) is -2.93. The van der Waals surface area contributed by atoms with Crippen LogP contribution in [0.5, 0.6) is 0 Å². The van der Waals surface area contributed by atoms with Crippen molar-refractivity contribution in [3.63, 3.8) is 0 Å². The van der Waals surface area contributed by atoms with Gasteiger partial charge in [-0.05, 0) is 6.42 Å². The standard InChI is InChI=1S/C7H9NO3S/c1-2-6-5-3-12(9,10)4-7(5)11-8-6/h2-4H2,1H3. The molecule has 0 aliphatic carbocycles. The molecule has 0 spiro atoms. The van der Waals surface area contributed by atoms with E-state index in [0.29, 0.717) is 5.76 Å². The second-order valence-corrected chi connectivity index (χ2v) is 4.98. The van der Waals surface area contributed by atoms with Crippen molar-refractivity contribution in [1.29, 1.82) is 0 Å². The number of hydrogen-bond donors (Lipinski definition) is 0. The second kappa shape index (κ2) is 2.32. The van der Waals surface area contributed by atoms with Crippen LogP contribution >= 0.6 is 0 Å². The van der Waals surface area contributed by atoms with Gasteiger partial charge in [0.1, 0.15) is 5.75 Å². The highest BCUT2D eigenvalue weighted by Crippen LogP contribution is 2.27. The van der Waals surface area contributed by atoms with Crippen molar-refractivity contribution in [2.24, 2.45) is 0 Å². The number of nitrogens with zero attached hydrogens (tertiary/aromatic N) is 1. The van der Waals surface area contributed by atoms with Crippen LogP contribution in [0.3, 0.4) is 0 Å². The van der Waals surface area contributed by atoms with E-state index in [4.69, 9.17) is 4.52 Å². The average molecular weight is 187 g/mol. The van der Waals surface area contributed by atoms with Gasteiger partial charge in [0.2, 0.25) is 0 Å². The lowest BCUT2D eigenvalue weighted by atomic mass is 10.2. The molecule has 0 atom stereocenters. The Balaban J connectivity index is 2.50. The van der Waals surface area contributed by atoms with E-state index in [1.165, 1.54) is 0 Å². The van der Waals surface area contributed by atoms with Crippen LogP contribution in [0.4, 0.5) is 0 Å². The van der Waals surface area contributed by atoms with E-state index in [9.17, 15) is 8.42 Å². The van der Waals surface area contributed by atoms with E-state index in [0.717, 1.165) is 17.7 Å². The van der Waals surface area contributed by atoms with Crippen LogP contribution in [-0.2, 0) is 27.8 Å². The Kier molecular flexibility index (Phi) is 1.51. The fourth-order valence-corrected chi connectivity index (χ4v) is 2.90. The van der Waals surface area contributed by atoms with Crippen LogP contribution in [0, 0.1) is 0 Å². The quantitative estimate of drug-likeness (QED) is 0.648. The third-order valence-electron chi connectivity index (χ3n) is 2.00. The summed E-state index contributed by atoms with van der Waals surface area (Å²) in [5.41, 5.74) is 1.57. The minimum absolute atomic E-state index is 0.0231. The molecule has 0 saturated carbocycles. The number of aromatic nitrogens is 1. The third kappa shape index (κ3) is 1.04. The summed E-state index contributed by atoms with van der Waals surface area (Å²) in [6.07, 6.45) is 0.731. The molecular formula is C7H9NO3S. The van der Waals surface area contributed by atoms with Crippen LogP contribution in [0.1, 0.15) is 23.9 Å². The Morgan fingerprint density at radius 3 is 2.92 bits per heavy atom. The monoisotopic (exact) mass is 187 g/mol. The van der Waals surface area contributed by atoms with Crippen molar-refractivity contribution in [2.75, 3.05) is 0 Å². The zero-order valence-electron chi connectivity index (χ0n) is 6.70. The van der Waals surface area contributed by atoms with Crippen molar-refractivity contribution in [3.05, 3.63) is 17.0 Å². The molecule has 1 aliphatic rings. The Morgan fingerprint density at radius 2 is 2.25 bits per heavy atom. The Bertz CT molecular complexity index is 404. The van der Waals surface area contributed by atoms with Crippen molar-refractivity contribution in [1.82, 2.24) is 5.16 Å². The molecule has 0 fully saturated rings. The smallest absolute Gasteiger partial charge is 0.162 e. The lowest BCUT2D eigenvalue weighted by Crippen LogP contribution is -1.98. The molecule has 0 bridgehead atoms. The summed E-state index contributed by atoms with van der Waals surface area (Å²) in [5, 5.41) is 3.78. The SMILES string of the molecule is CCc1noc2c1CS(=O)(=O)C2. The van der Waals surface area contributed by atoms with Crippen LogP contribution in [0.25, 0.3) is 0 Å². The number of rotatable bonds is 1. The highest BCUT2D eigenvalue weighted by molar-refractivity contribution is 7.90.